The molecule has 184 valence electrons. The monoisotopic (exact) mass is 445 g/mol. The first-order valence-electron chi connectivity index (χ1n) is 13.2. The van der Waals surface area contributed by atoms with Crippen molar-refractivity contribution in [2.75, 3.05) is 20.1 Å². The second-order valence-electron chi connectivity index (χ2n) is 10.2. The lowest BCUT2D eigenvalue weighted by atomic mass is 9.91. The van der Waals surface area contributed by atoms with Gasteiger partial charge < -0.3 is 16.0 Å². The summed E-state index contributed by atoms with van der Waals surface area (Å²) in [5.41, 5.74) is 1.21. The summed E-state index contributed by atoms with van der Waals surface area (Å²) in [6.07, 6.45) is 12.0. The number of nitrogens with one attached hydrogen (secondary N) is 3. The van der Waals surface area contributed by atoms with Crippen molar-refractivity contribution in [3.63, 3.8) is 0 Å². The van der Waals surface area contributed by atoms with Crippen molar-refractivity contribution in [2.24, 2.45) is 17.8 Å². The zero-order valence-electron chi connectivity index (χ0n) is 22.1. The van der Waals surface area contributed by atoms with Gasteiger partial charge in [-0.3, -0.25) is 4.79 Å². The Morgan fingerprint density at radius 3 is 2.44 bits per heavy atom. The van der Waals surface area contributed by atoms with Gasteiger partial charge in [-0.2, -0.15) is 0 Å². The van der Waals surface area contributed by atoms with E-state index >= 15 is 0 Å². The lowest BCUT2D eigenvalue weighted by Gasteiger charge is -2.32. The standard InChI is InChI=1S/C28H51N3O/c1-8-11-19-28(6,31-26-17-18-26)21-30-27(32)25(12-9-2)16-14-22(4)13-15-24(10-3)23(5)20-29-7/h10,22-23,25-26,29,31H,8-9,11-12,14,16-21H2,1-7H3,(H,30,32)/b24-10-/t22?,23?,25?,28-/m0/s1. The first kappa shape index (κ1) is 28.7. The third-order valence-electron chi connectivity index (χ3n) is 6.64. The highest BCUT2D eigenvalue weighted by molar-refractivity contribution is 5.78. The smallest absolute Gasteiger partial charge is 0.223 e. The Morgan fingerprint density at radius 1 is 1.16 bits per heavy atom. The molecule has 1 aliphatic carbocycles. The minimum Gasteiger partial charge on any atom is -0.354 e. The van der Waals surface area contributed by atoms with Crippen LogP contribution in [0.1, 0.15) is 99.3 Å². The molecule has 1 saturated carbocycles. The van der Waals surface area contributed by atoms with E-state index in [1.807, 2.05) is 7.05 Å². The lowest BCUT2D eigenvalue weighted by molar-refractivity contribution is -0.125. The van der Waals surface area contributed by atoms with Crippen molar-refractivity contribution in [2.45, 2.75) is 111 Å². The van der Waals surface area contributed by atoms with Crippen molar-refractivity contribution in [1.82, 2.24) is 16.0 Å². The van der Waals surface area contributed by atoms with Crippen LogP contribution in [0.4, 0.5) is 0 Å². The summed E-state index contributed by atoms with van der Waals surface area (Å²) < 4.78 is 0. The second kappa shape index (κ2) is 15.5. The van der Waals surface area contributed by atoms with E-state index in [0.29, 0.717) is 17.9 Å². The first-order chi connectivity index (χ1) is 15.3. The van der Waals surface area contributed by atoms with Gasteiger partial charge in [0, 0.05) is 48.0 Å². The number of hydrogen-bond acceptors (Lipinski definition) is 3. The Labute approximate surface area is 199 Å². The molecular formula is C28H51N3O. The SMILES string of the molecule is C/C=C(/C#CC(C)CCC(CCC)C(=O)NC[C@](C)(CCCC)NC1CC1)C(C)CNC. The average Bonchev–Trinajstić information content (AvgIpc) is 3.58. The van der Waals surface area contributed by atoms with Gasteiger partial charge in [0.1, 0.15) is 0 Å². The molecule has 0 aromatic rings. The van der Waals surface area contributed by atoms with Crippen LogP contribution in [0.2, 0.25) is 0 Å². The van der Waals surface area contributed by atoms with Gasteiger partial charge in [-0.25, -0.2) is 0 Å². The molecule has 4 atom stereocenters. The number of hydrogen-bond donors (Lipinski definition) is 3. The number of amides is 1. The molecule has 0 saturated heterocycles. The first-order valence-corrected chi connectivity index (χ1v) is 13.2. The lowest BCUT2D eigenvalue weighted by Crippen LogP contribution is -2.53. The van der Waals surface area contributed by atoms with Gasteiger partial charge in [0.25, 0.3) is 0 Å². The molecule has 0 heterocycles. The molecule has 0 aromatic carbocycles. The fraction of sp³-hybridized carbons (Fsp3) is 0.821. The summed E-state index contributed by atoms with van der Waals surface area (Å²) >= 11 is 0. The highest BCUT2D eigenvalue weighted by atomic mass is 16.1. The van der Waals surface area contributed by atoms with Gasteiger partial charge in [0.2, 0.25) is 5.91 Å². The number of rotatable bonds is 16. The van der Waals surface area contributed by atoms with Crippen molar-refractivity contribution in [3.8, 4) is 11.8 Å². The van der Waals surface area contributed by atoms with E-state index < -0.39 is 0 Å². The summed E-state index contributed by atoms with van der Waals surface area (Å²) in [4.78, 5) is 13.1. The third-order valence-corrected chi connectivity index (χ3v) is 6.64. The second-order valence-corrected chi connectivity index (χ2v) is 10.2. The third kappa shape index (κ3) is 11.5. The maximum atomic E-state index is 13.1. The number of carbonyl (C=O) groups excluding carboxylic acids is 1. The van der Waals surface area contributed by atoms with E-state index in [1.165, 1.54) is 31.3 Å². The molecule has 0 spiro atoms. The molecule has 0 bridgehead atoms. The minimum atomic E-state index is 0.00922. The Kier molecular flexibility index (Phi) is 13.9. The quantitative estimate of drug-likeness (QED) is 0.277. The number of carbonyl (C=O) groups is 1. The van der Waals surface area contributed by atoms with Crippen LogP contribution in [0.25, 0.3) is 0 Å². The van der Waals surface area contributed by atoms with Gasteiger partial charge >= 0.3 is 0 Å². The molecule has 1 amide bonds. The Balaban J connectivity index is 2.60. The molecular weight excluding hydrogens is 394 g/mol. The van der Waals surface area contributed by atoms with Crippen molar-refractivity contribution < 1.29 is 4.79 Å². The van der Waals surface area contributed by atoms with Crippen LogP contribution in [0.3, 0.4) is 0 Å². The Morgan fingerprint density at radius 2 is 1.88 bits per heavy atom. The van der Waals surface area contributed by atoms with Crippen LogP contribution >= 0.6 is 0 Å². The largest absolute Gasteiger partial charge is 0.354 e. The van der Waals surface area contributed by atoms with E-state index in [-0.39, 0.29) is 17.4 Å². The zero-order chi connectivity index (χ0) is 24.0. The van der Waals surface area contributed by atoms with Crippen molar-refractivity contribution in [3.05, 3.63) is 11.6 Å². The molecule has 0 aliphatic heterocycles. The highest BCUT2D eigenvalue weighted by Crippen LogP contribution is 2.25. The Bertz CT molecular complexity index is 628. The topological polar surface area (TPSA) is 53.2 Å². The molecule has 4 heteroatoms. The molecule has 0 radical (unpaired) electrons. The van der Waals surface area contributed by atoms with Gasteiger partial charge in [0.05, 0.1) is 0 Å². The van der Waals surface area contributed by atoms with Gasteiger partial charge in [-0.1, -0.05) is 64.9 Å². The molecule has 3 N–H and O–H groups in total. The van der Waals surface area contributed by atoms with Crippen molar-refractivity contribution in [1.29, 1.82) is 0 Å². The number of allylic oxidation sites excluding steroid dienone is 1. The summed E-state index contributed by atoms with van der Waals surface area (Å²) in [5, 5.41) is 10.3. The summed E-state index contributed by atoms with van der Waals surface area (Å²) in [6, 6.07) is 0.650. The van der Waals surface area contributed by atoms with E-state index in [4.69, 9.17) is 0 Å². The van der Waals surface area contributed by atoms with E-state index in [9.17, 15) is 4.79 Å². The fourth-order valence-corrected chi connectivity index (χ4v) is 4.31. The van der Waals surface area contributed by atoms with Crippen LogP contribution < -0.4 is 16.0 Å². The molecule has 0 aromatic heterocycles. The predicted octanol–water partition coefficient (Wildman–Crippen LogP) is 5.44. The van der Waals surface area contributed by atoms with Crippen LogP contribution in [-0.4, -0.2) is 37.6 Å². The van der Waals surface area contributed by atoms with E-state index in [2.05, 4.69) is 75.4 Å². The van der Waals surface area contributed by atoms with Crippen molar-refractivity contribution >= 4 is 5.91 Å². The fourth-order valence-electron chi connectivity index (χ4n) is 4.31. The highest BCUT2D eigenvalue weighted by Gasteiger charge is 2.32. The van der Waals surface area contributed by atoms with Gasteiger partial charge in [-0.15, -0.1) is 0 Å². The summed E-state index contributed by atoms with van der Waals surface area (Å²) in [7, 11) is 1.98. The molecule has 3 unspecified atom stereocenters. The summed E-state index contributed by atoms with van der Waals surface area (Å²) in [6.45, 7) is 14.8. The zero-order valence-corrected chi connectivity index (χ0v) is 22.1. The average molecular weight is 446 g/mol. The van der Waals surface area contributed by atoms with Gasteiger partial charge in [-0.05, 0) is 59.4 Å². The van der Waals surface area contributed by atoms with E-state index in [1.54, 1.807) is 0 Å². The summed E-state index contributed by atoms with van der Waals surface area (Å²) in [5.74, 6) is 7.86. The van der Waals surface area contributed by atoms with Crippen LogP contribution in [0.15, 0.2) is 11.6 Å². The maximum Gasteiger partial charge on any atom is 0.223 e. The molecule has 1 rings (SSSR count). The maximum absolute atomic E-state index is 13.1. The molecule has 4 nitrogen and oxygen atoms in total. The van der Waals surface area contributed by atoms with Gasteiger partial charge in [0.15, 0.2) is 0 Å². The van der Waals surface area contributed by atoms with Crippen LogP contribution in [0.5, 0.6) is 0 Å². The number of unbranched alkanes of at least 4 members (excludes halogenated alkanes) is 1. The molecule has 32 heavy (non-hydrogen) atoms. The normalized spacial score (nSPS) is 18.8. The van der Waals surface area contributed by atoms with Crippen LogP contribution in [-0.2, 0) is 4.79 Å². The predicted molar refractivity (Wildman–Crippen MR) is 139 cm³/mol. The molecule has 1 fully saturated rings. The Hall–Kier alpha value is -1.31. The molecule has 1 aliphatic rings. The van der Waals surface area contributed by atoms with E-state index in [0.717, 1.165) is 45.2 Å². The van der Waals surface area contributed by atoms with Crippen LogP contribution in [0, 0.1) is 29.6 Å². The minimum absolute atomic E-state index is 0.00922.